The molecule has 0 spiro atoms. The van der Waals surface area contributed by atoms with Gasteiger partial charge in [0.2, 0.25) is 6.10 Å². The maximum absolute atomic E-state index is 12.3. The van der Waals surface area contributed by atoms with E-state index in [1.54, 1.807) is 36.4 Å². The molecule has 0 fully saturated rings. The molecule has 0 aromatic heterocycles. The summed E-state index contributed by atoms with van der Waals surface area (Å²) >= 11 is 0. The Hall–Kier alpha value is -3.35. The molecular formula is C20H22N2O5. The topological polar surface area (TPSA) is 93.7 Å². The number of rotatable bonds is 7. The Balaban J connectivity index is 1.96. The van der Waals surface area contributed by atoms with Gasteiger partial charge in [-0.2, -0.15) is 0 Å². The SMILES string of the molecule is CNC(=O)NC(=O)[C@H](OC(=O)CCOc1cccc(C)c1)c1ccccc1. The molecule has 2 aromatic carbocycles. The Morgan fingerprint density at radius 2 is 1.78 bits per heavy atom. The van der Waals surface area contributed by atoms with Crippen LogP contribution < -0.4 is 15.4 Å². The van der Waals surface area contributed by atoms with Crippen molar-refractivity contribution in [2.45, 2.75) is 19.4 Å². The zero-order valence-corrected chi connectivity index (χ0v) is 15.2. The highest BCUT2D eigenvalue weighted by Crippen LogP contribution is 2.19. The van der Waals surface area contributed by atoms with Gasteiger partial charge in [-0.25, -0.2) is 4.79 Å². The van der Waals surface area contributed by atoms with E-state index in [9.17, 15) is 14.4 Å². The lowest BCUT2D eigenvalue weighted by Gasteiger charge is -2.17. The molecule has 0 aliphatic rings. The average molecular weight is 370 g/mol. The van der Waals surface area contributed by atoms with Crippen molar-refractivity contribution in [3.63, 3.8) is 0 Å². The molecule has 0 bridgehead atoms. The van der Waals surface area contributed by atoms with Gasteiger partial charge in [-0.05, 0) is 24.6 Å². The Bertz CT molecular complexity index is 792. The largest absolute Gasteiger partial charge is 0.493 e. The zero-order valence-electron chi connectivity index (χ0n) is 15.2. The fourth-order valence-corrected chi connectivity index (χ4v) is 2.29. The predicted molar refractivity (Wildman–Crippen MR) is 99.2 cm³/mol. The molecule has 142 valence electrons. The number of nitrogens with one attached hydrogen (secondary N) is 2. The molecule has 0 heterocycles. The molecule has 0 saturated carbocycles. The number of hydrogen-bond donors (Lipinski definition) is 2. The van der Waals surface area contributed by atoms with Gasteiger partial charge in [-0.3, -0.25) is 14.9 Å². The van der Waals surface area contributed by atoms with E-state index in [-0.39, 0.29) is 13.0 Å². The highest BCUT2D eigenvalue weighted by molar-refractivity contribution is 5.97. The van der Waals surface area contributed by atoms with Gasteiger partial charge in [-0.15, -0.1) is 0 Å². The van der Waals surface area contributed by atoms with Crippen molar-refractivity contribution in [1.82, 2.24) is 10.6 Å². The van der Waals surface area contributed by atoms with E-state index in [2.05, 4.69) is 10.6 Å². The van der Waals surface area contributed by atoms with E-state index in [0.29, 0.717) is 11.3 Å². The summed E-state index contributed by atoms with van der Waals surface area (Å²) in [5.41, 5.74) is 1.51. The molecule has 2 rings (SSSR count). The number of urea groups is 1. The second-order valence-corrected chi connectivity index (χ2v) is 5.76. The number of benzene rings is 2. The minimum atomic E-state index is -1.23. The lowest BCUT2D eigenvalue weighted by Crippen LogP contribution is -2.41. The number of aryl methyl sites for hydroxylation is 1. The van der Waals surface area contributed by atoms with Crippen molar-refractivity contribution in [1.29, 1.82) is 0 Å². The third-order valence-electron chi connectivity index (χ3n) is 3.62. The van der Waals surface area contributed by atoms with Crippen LogP contribution in [-0.2, 0) is 14.3 Å². The summed E-state index contributed by atoms with van der Waals surface area (Å²) in [5.74, 6) is -0.683. The molecule has 3 amide bonds. The van der Waals surface area contributed by atoms with E-state index in [1.807, 2.05) is 25.1 Å². The van der Waals surface area contributed by atoms with Crippen molar-refractivity contribution in [2.75, 3.05) is 13.7 Å². The molecule has 2 N–H and O–H groups in total. The highest BCUT2D eigenvalue weighted by atomic mass is 16.6. The van der Waals surface area contributed by atoms with Crippen molar-refractivity contribution < 1.29 is 23.9 Å². The number of imide groups is 1. The van der Waals surface area contributed by atoms with Crippen LogP contribution in [0.15, 0.2) is 54.6 Å². The van der Waals surface area contributed by atoms with Gasteiger partial charge in [0.1, 0.15) is 5.75 Å². The first kappa shape index (κ1) is 20.0. The summed E-state index contributed by atoms with van der Waals surface area (Å²) < 4.78 is 10.8. The fraction of sp³-hybridized carbons (Fsp3) is 0.250. The number of amides is 3. The predicted octanol–water partition coefficient (Wildman–Crippen LogP) is 2.50. The van der Waals surface area contributed by atoms with Crippen LogP contribution >= 0.6 is 0 Å². The smallest absolute Gasteiger partial charge is 0.321 e. The maximum Gasteiger partial charge on any atom is 0.321 e. The van der Waals surface area contributed by atoms with Gasteiger partial charge in [0, 0.05) is 12.6 Å². The molecule has 1 atom stereocenters. The van der Waals surface area contributed by atoms with Crippen molar-refractivity contribution >= 4 is 17.9 Å². The number of hydrogen-bond acceptors (Lipinski definition) is 5. The minimum absolute atomic E-state index is 0.0372. The summed E-state index contributed by atoms with van der Waals surface area (Å²) in [4.78, 5) is 35.9. The molecule has 0 unspecified atom stereocenters. The van der Waals surface area contributed by atoms with Crippen LogP contribution in [0, 0.1) is 6.92 Å². The third kappa shape index (κ3) is 6.47. The van der Waals surface area contributed by atoms with Crippen molar-refractivity contribution in [3.05, 3.63) is 65.7 Å². The minimum Gasteiger partial charge on any atom is -0.493 e. The summed E-state index contributed by atoms with van der Waals surface area (Å²) in [6.45, 7) is 2.05. The van der Waals surface area contributed by atoms with Crippen molar-refractivity contribution in [2.24, 2.45) is 0 Å². The van der Waals surface area contributed by atoms with E-state index in [0.717, 1.165) is 5.56 Å². The van der Waals surface area contributed by atoms with E-state index >= 15 is 0 Å². The van der Waals surface area contributed by atoms with Gasteiger partial charge < -0.3 is 14.8 Å². The Kier molecular flexibility index (Phi) is 7.37. The molecular weight excluding hydrogens is 348 g/mol. The van der Waals surface area contributed by atoms with Crippen LogP contribution in [0.4, 0.5) is 4.79 Å². The second-order valence-electron chi connectivity index (χ2n) is 5.76. The van der Waals surface area contributed by atoms with Crippen LogP contribution in [0.5, 0.6) is 5.75 Å². The Morgan fingerprint density at radius 1 is 1.04 bits per heavy atom. The third-order valence-corrected chi connectivity index (χ3v) is 3.62. The quantitative estimate of drug-likeness (QED) is 0.731. The summed E-state index contributed by atoms with van der Waals surface area (Å²) in [5, 5.41) is 4.41. The Labute approximate surface area is 157 Å². The van der Waals surface area contributed by atoms with Crippen LogP contribution in [-0.4, -0.2) is 31.6 Å². The van der Waals surface area contributed by atoms with Crippen molar-refractivity contribution in [3.8, 4) is 5.75 Å². The molecule has 7 heteroatoms. The molecule has 0 saturated heterocycles. The monoisotopic (exact) mass is 370 g/mol. The first-order valence-corrected chi connectivity index (χ1v) is 8.46. The van der Waals surface area contributed by atoms with E-state index < -0.39 is 24.0 Å². The first-order chi connectivity index (χ1) is 13.0. The average Bonchev–Trinajstić information content (AvgIpc) is 2.66. The lowest BCUT2D eigenvalue weighted by atomic mass is 10.1. The zero-order chi connectivity index (χ0) is 19.6. The summed E-state index contributed by atoms with van der Waals surface area (Å²) in [6, 6.07) is 15.3. The second kappa shape index (κ2) is 9.96. The van der Waals surface area contributed by atoms with Crippen LogP contribution in [0.3, 0.4) is 0 Å². The normalized spacial score (nSPS) is 11.2. The molecule has 0 radical (unpaired) electrons. The molecule has 7 nitrogen and oxygen atoms in total. The lowest BCUT2D eigenvalue weighted by molar-refractivity contribution is -0.156. The number of esters is 1. The van der Waals surface area contributed by atoms with E-state index in [1.165, 1.54) is 7.05 Å². The van der Waals surface area contributed by atoms with Gasteiger partial charge in [-0.1, -0.05) is 42.5 Å². The molecule has 0 aliphatic carbocycles. The standard InChI is InChI=1S/C20H22N2O5/c1-14-7-6-10-16(13-14)26-12-11-17(23)27-18(15-8-4-3-5-9-15)19(24)22-20(25)21-2/h3-10,13,18H,11-12H2,1-2H3,(H2,21,22,24,25)/t18-/m1/s1. The first-order valence-electron chi connectivity index (χ1n) is 8.46. The number of ether oxygens (including phenoxy) is 2. The Morgan fingerprint density at radius 3 is 2.44 bits per heavy atom. The number of carbonyl (C=O) groups is 3. The summed E-state index contributed by atoms with van der Waals surface area (Å²) in [7, 11) is 1.38. The van der Waals surface area contributed by atoms with Gasteiger partial charge in [0.05, 0.1) is 13.0 Å². The molecule has 0 aliphatic heterocycles. The van der Waals surface area contributed by atoms with Gasteiger partial charge in [0.25, 0.3) is 5.91 Å². The number of carbonyl (C=O) groups excluding carboxylic acids is 3. The molecule has 27 heavy (non-hydrogen) atoms. The fourth-order valence-electron chi connectivity index (χ4n) is 2.29. The van der Waals surface area contributed by atoms with Crippen LogP contribution in [0.1, 0.15) is 23.7 Å². The summed E-state index contributed by atoms with van der Waals surface area (Å²) in [6.07, 6.45) is -1.26. The van der Waals surface area contributed by atoms with E-state index in [4.69, 9.17) is 9.47 Å². The van der Waals surface area contributed by atoms with Crippen LogP contribution in [0.2, 0.25) is 0 Å². The highest BCUT2D eigenvalue weighted by Gasteiger charge is 2.26. The van der Waals surface area contributed by atoms with Gasteiger partial charge in [0.15, 0.2) is 0 Å². The van der Waals surface area contributed by atoms with Crippen LogP contribution in [0.25, 0.3) is 0 Å². The van der Waals surface area contributed by atoms with Gasteiger partial charge >= 0.3 is 12.0 Å². The maximum atomic E-state index is 12.3. The molecule has 2 aromatic rings.